The lowest BCUT2D eigenvalue weighted by molar-refractivity contribution is -0.403. The first-order valence-electron chi connectivity index (χ1n) is 6.35. The highest BCUT2D eigenvalue weighted by Gasteiger charge is 2.66. The number of ether oxygens (including phenoxy) is 1. The summed E-state index contributed by atoms with van der Waals surface area (Å²) in [7, 11) is 0. The molecule has 0 aliphatic heterocycles. The van der Waals surface area contributed by atoms with Crippen LogP contribution in [0.15, 0.2) is 0 Å². The maximum Gasteiger partial charge on any atom is 0.420 e. The Kier molecular flexibility index (Phi) is 5.26. The Morgan fingerprint density at radius 3 is 1.44 bits per heavy atom. The van der Waals surface area contributed by atoms with Crippen molar-refractivity contribution in [3.8, 4) is 0 Å². The quantitative estimate of drug-likeness (QED) is 0.575. The van der Waals surface area contributed by atoms with E-state index in [2.05, 4.69) is 4.74 Å². The van der Waals surface area contributed by atoms with Crippen molar-refractivity contribution >= 4 is 0 Å². The zero-order valence-corrected chi connectivity index (χ0v) is 12.0. The van der Waals surface area contributed by atoms with Crippen molar-refractivity contribution in [1.29, 1.82) is 0 Å². The Morgan fingerprint density at radius 2 is 1.17 bits per heavy atom. The van der Waals surface area contributed by atoms with Crippen LogP contribution in [0.3, 0.4) is 0 Å². The molecule has 0 rings (SSSR count). The van der Waals surface area contributed by atoms with Gasteiger partial charge in [-0.1, -0.05) is 34.6 Å². The maximum atomic E-state index is 13.9. The van der Waals surface area contributed by atoms with Crippen molar-refractivity contribution in [3.63, 3.8) is 0 Å². The molecule has 0 aliphatic rings. The molecule has 0 unspecified atom stereocenters. The highest BCUT2D eigenvalue weighted by Crippen LogP contribution is 2.51. The van der Waals surface area contributed by atoms with Crippen LogP contribution in [0.1, 0.15) is 60.8 Å². The van der Waals surface area contributed by atoms with Crippen LogP contribution in [0.2, 0.25) is 0 Å². The van der Waals surface area contributed by atoms with Gasteiger partial charge in [0.05, 0.1) is 5.60 Å². The van der Waals surface area contributed by atoms with Crippen molar-refractivity contribution < 1.29 is 22.3 Å². The van der Waals surface area contributed by atoms with Gasteiger partial charge in [0, 0.05) is 5.41 Å². The fourth-order valence-electron chi connectivity index (χ4n) is 1.38. The second-order valence-electron chi connectivity index (χ2n) is 5.59. The lowest BCUT2D eigenvalue weighted by Crippen LogP contribution is -2.55. The van der Waals surface area contributed by atoms with Gasteiger partial charge >= 0.3 is 12.0 Å². The average molecular weight is 272 g/mol. The Balaban J connectivity index is 5.26. The number of alkyl halides is 4. The summed E-state index contributed by atoms with van der Waals surface area (Å²) in [5.74, 6) is -4.21. The summed E-state index contributed by atoms with van der Waals surface area (Å²) >= 11 is 0. The van der Waals surface area contributed by atoms with E-state index < -0.39 is 23.0 Å². The molecule has 0 heterocycles. The van der Waals surface area contributed by atoms with Crippen molar-refractivity contribution in [2.75, 3.05) is 0 Å². The van der Waals surface area contributed by atoms with Gasteiger partial charge in [0.2, 0.25) is 0 Å². The zero-order chi connectivity index (χ0) is 14.8. The van der Waals surface area contributed by atoms with E-state index >= 15 is 0 Å². The molecule has 0 fully saturated rings. The zero-order valence-electron chi connectivity index (χ0n) is 12.0. The second-order valence-corrected chi connectivity index (χ2v) is 5.59. The molecule has 0 bridgehead atoms. The van der Waals surface area contributed by atoms with E-state index in [1.165, 1.54) is 13.8 Å². The third kappa shape index (κ3) is 3.16. The molecule has 0 saturated carbocycles. The minimum absolute atomic E-state index is 0.0616. The Hall–Kier alpha value is -0.320. The van der Waals surface area contributed by atoms with Crippen LogP contribution in [-0.2, 0) is 4.74 Å². The Bertz CT molecular complexity index is 270. The average Bonchev–Trinajstić information content (AvgIpc) is 2.27. The minimum Gasteiger partial charge on any atom is -0.309 e. The normalized spacial score (nSPS) is 15.0. The van der Waals surface area contributed by atoms with E-state index in [0.29, 0.717) is 0 Å². The van der Waals surface area contributed by atoms with Gasteiger partial charge in [-0.3, -0.25) is 0 Å². The van der Waals surface area contributed by atoms with Crippen LogP contribution in [0, 0.1) is 5.41 Å². The highest BCUT2D eigenvalue weighted by atomic mass is 19.3. The Labute approximate surface area is 107 Å². The molecule has 5 heteroatoms. The summed E-state index contributed by atoms with van der Waals surface area (Å²) in [6.45, 7) is 8.42. The molecule has 0 aromatic heterocycles. The molecule has 18 heavy (non-hydrogen) atoms. The first kappa shape index (κ1) is 17.7. The fraction of sp³-hybridized carbons (Fsp3) is 1.00. The molecule has 110 valence electrons. The molecule has 1 nitrogen and oxygen atoms in total. The molecule has 0 aliphatic carbocycles. The van der Waals surface area contributed by atoms with Crippen LogP contribution in [0.25, 0.3) is 0 Å². The molecular formula is C13H24F4O. The van der Waals surface area contributed by atoms with E-state index in [0.717, 1.165) is 13.8 Å². The standard InChI is InChI=1S/C13H24F4O/c1-7-10(4,5)12(14,15)13(16,17)18-11(6,8-2)9-3/h7-9H2,1-6H3. The second kappa shape index (κ2) is 5.35. The number of hydrogen-bond acceptors (Lipinski definition) is 1. The Morgan fingerprint density at radius 1 is 0.778 bits per heavy atom. The van der Waals surface area contributed by atoms with E-state index in [-0.39, 0.29) is 19.3 Å². The maximum absolute atomic E-state index is 13.9. The largest absolute Gasteiger partial charge is 0.420 e. The van der Waals surface area contributed by atoms with E-state index in [9.17, 15) is 17.6 Å². The fourth-order valence-corrected chi connectivity index (χ4v) is 1.38. The van der Waals surface area contributed by atoms with Gasteiger partial charge in [-0.15, -0.1) is 0 Å². The molecule has 0 aromatic carbocycles. The monoisotopic (exact) mass is 272 g/mol. The van der Waals surface area contributed by atoms with Gasteiger partial charge < -0.3 is 4.74 Å². The van der Waals surface area contributed by atoms with Crippen molar-refractivity contribution in [2.45, 2.75) is 78.4 Å². The van der Waals surface area contributed by atoms with Crippen molar-refractivity contribution in [3.05, 3.63) is 0 Å². The van der Waals surface area contributed by atoms with Gasteiger partial charge in [0.1, 0.15) is 0 Å². The topological polar surface area (TPSA) is 9.23 Å². The molecule has 0 aromatic rings. The molecule has 0 radical (unpaired) electrons. The predicted molar refractivity (Wildman–Crippen MR) is 64.0 cm³/mol. The van der Waals surface area contributed by atoms with E-state index in [1.54, 1.807) is 13.8 Å². The third-order valence-corrected chi connectivity index (χ3v) is 3.97. The van der Waals surface area contributed by atoms with Crippen molar-refractivity contribution in [2.24, 2.45) is 5.41 Å². The first-order chi connectivity index (χ1) is 7.89. The van der Waals surface area contributed by atoms with Crippen LogP contribution < -0.4 is 0 Å². The van der Waals surface area contributed by atoms with Crippen LogP contribution in [0.5, 0.6) is 0 Å². The van der Waals surface area contributed by atoms with E-state index in [4.69, 9.17) is 0 Å². The molecule has 0 spiro atoms. The lowest BCUT2D eigenvalue weighted by Gasteiger charge is -2.41. The summed E-state index contributed by atoms with van der Waals surface area (Å²) < 4.78 is 59.9. The van der Waals surface area contributed by atoms with Gasteiger partial charge in [-0.05, 0) is 26.2 Å². The summed E-state index contributed by atoms with van der Waals surface area (Å²) in [6, 6.07) is 0. The van der Waals surface area contributed by atoms with Crippen molar-refractivity contribution in [1.82, 2.24) is 0 Å². The molecule has 0 saturated heterocycles. The first-order valence-corrected chi connectivity index (χ1v) is 6.35. The van der Waals surface area contributed by atoms with Crippen LogP contribution >= 0.6 is 0 Å². The van der Waals surface area contributed by atoms with Gasteiger partial charge in [0.25, 0.3) is 0 Å². The molecule has 0 N–H and O–H groups in total. The number of hydrogen-bond donors (Lipinski definition) is 0. The highest BCUT2D eigenvalue weighted by molar-refractivity contribution is 4.92. The number of halogens is 4. The van der Waals surface area contributed by atoms with Crippen LogP contribution in [-0.4, -0.2) is 17.6 Å². The molecule has 0 atom stereocenters. The predicted octanol–water partition coefficient (Wildman–Crippen LogP) is 5.25. The summed E-state index contributed by atoms with van der Waals surface area (Å²) in [5, 5.41) is 0. The summed E-state index contributed by atoms with van der Waals surface area (Å²) in [5.41, 5.74) is -3.06. The van der Waals surface area contributed by atoms with Gasteiger partial charge in [-0.25, -0.2) is 0 Å². The molecule has 0 amide bonds. The summed E-state index contributed by atoms with van der Waals surface area (Å²) in [6.07, 6.45) is -4.02. The van der Waals surface area contributed by atoms with Gasteiger partial charge in [-0.2, -0.15) is 17.6 Å². The third-order valence-electron chi connectivity index (χ3n) is 3.97. The van der Waals surface area contributed by atoms with Crippen LogP contribution in [0.4, 0.5) is 17.6 Å². The smallest absolute Gasteiger partial charge is 0.309 e. The SMILES string of the molecule is CCC(C)(CC)OC(F)(F)C(F)(F)C(C)(C)CC. The van der Waals surface area contributed by atoms with E-state index in [1.807, 2.05) is 0 Å². The minimum atomic E-state index is -4.47. The summed E-state index contributed by atoms with van der Waals surface area (Å²) in [4.78, 5) is 0. The molecular weight excluding hydrogens is 248 g/mol. The lowest BCUT2D eigenvalue weighted by atomic mass is 9.82. The number of rotatable bonds is 7. The van der Waals surface area contributed by atoms with Gasteiger partial charge in [0.15, 0.2) is 0 Å².